The van der Waals surface area contributed by atoms with E-state index in [0.717, 1.165) is 74.3 Å². The van der Waals surface area contributed by atoms with Crippen LogP contribution < -0.4 is 14.8 Å². The van der Waals surface area contributed by atoms with Crippen molar-refractivity contribution in [2.24, 2.45) is 0 Å². The van der Waals surface area contributed by atoms with Crippen molar-refractivity contribution in [3.8, 4) is 11.5 Å². The summed E-state index contributed by atoms with van der Waals surface area (Å²) < 4.78 is 11.0. The Balaban J connectivity index is 1.53. The number of hydrogen-bond acceptors (Lipinski definition) is 7. The van der Waals surface area contributed by atoms with E-state index in [4.69, 9.17) is 9.47 Å². The van der Waals surface area contributed by atoms with Crippen molar-refractivity contribution in [2.75, 3.05) is 32.6 Å². The predicted molar refractivity (Wildman–Crippen MR) is 203 cm³/mol. The highest BCUT2D eigenvalue weighted by Gasteiger charge is 2.42. The van der Waals surface area contributed by atoms with Crippen LogP contribution in [0.5, 0.6) is 11.5 Å². The second kappa shape index (κ2) is 16.2. The topological polar surface area (TPSA) is 88.1 Å². The number of rotatable bonds is 15. The summed E-state index contributed by atoms with van der Waals surface area (Å²) in [7, 11) is 3.34. The van der Waals surface area contributed by atoms with Gasteiger partial charge >= 0.3 is 5.97 Å². The van der Waals surface area contributed by atoms with Crippen molar-refractivity contribution < 1.29 is 24.2 Å². The number of aliphatic carboxylic acids is 1. The first-order chi connectivity index (χ1) is 24.4. The molecule has 0 fully saturated rings. The van der Waals surface area contributed by atoms with Gasteiger partial charge in [0.15, 0.2) is 5.78 Å². The van der Waals surface area contributed by atoms with Crippen LogP contribution in [0.1, 0.15) is 84.0 Å². The zero-order valence-electron chi connectivity index (χ0n) is 28.9. The number of nitrogens with zero attached hydrogens (tertiary/aromatic N) is 1. The maximum absolute atomic E-state index is 14.7. The highest BCUT2D eigenvalue weighted by molar-refractivity contribution is 8.12. The number of anilines is 1. The van der Waals surface area contributed by atoms with Crippen molar-refractivity contribution in [3.05, 3.63) is 135 Å². The van der Waals surface area contributed by atoms with Gasteiger partial charge in [0, 0.05) is 34.2 Å². The lowest BCUT2D eigenvalue weighted by Crippen LogP contribution is -2.22. The van der Waals surface area contributed by atoms with E-state index in [1.807, 2.05) is 54.6 Å². The number of benzene rings is 4. The third-order valence-corrected chi connectivity index (χ3v) is 10.6. The molecule has 0 saturated heterocycles. The number of methoxy groups -OCH3 is 2. The highest BCUT2D eigenvalue weighted by Crippen LogP contribution is 2.56. The third kappa shape index (κ3) is 7.45. The summed E-state index contributed by atoms with van der Waals surface area (Å²) in [4.78, 5) is 29.6. The van der Waals surface area contributed by atoms with E-state index in [9.17, 15) is 14.7 Å². The number of nitrogens with one attached hydrogen (secondary N) is 1. The van der Waals surface area contributed by atoms with Gasteiger partial charge in [0.1, 0.15) is 18.0 Å². The number of fused-ring (bicyclic) bond motifs is 1. The van der Waals surface area contributed by atoms with Crippen molar-refractivity contribution in [1.29, 1.82) is 0 Å². The molecule has 1 aliphatic heterocycles. The number of thioether (sulfide) groups is 1. The van der Waals surface area contributed by atoms with E-state index in [1.54, 1.807) is 32.0 Å². The van der Waals surface area contributed by atoms with Gasteiger partial charge in [-0.05, 0) is 83.3 Å². The lowest BCUT2D eigenvalue weighted by atomic mass is 9.89. The van der Waals surface area contributed by atoms with Gasteiger partial charge in [-0.15, -0.1) is 0 Å². The summed E-state index contributed by atoms with van der Waals surface area (Å²) in [5, 5.41) is 13.3. The molecule has 2 aliphatic rings. The first-order valence-corrected chi connectivity index (χ1v) is 18.2. The molecule has 8 heteroatoms. The predicted octanol–water partition coefficient (Wildman–Crippen LogP) is 9.68. The Bertz CT molecular complexity index is 1880. The Morgan fingerprint density at radius 2 is 1.46 bits per heavy atom. The second-order valence-corrected chi connectivity index (χ2v) is 13.6. The standard InChI is InChI=1S/C42H44N2O5S/c1-4-5-6-7-8-12-25-44-39(29-15-20-32(48-2)21-16-29)41(30-17-22-33(49-3)23-18-30)50-42(44)38-37(28-13-10-9-11-14-28)35-26-31(43-27-36(45)46)19-24-34(35)40(38)47/h9-11,13-24,26,37,43H,4-8,12,25,27H2,1-3H3,(H,45,46). The molecule has 7 nitrogen and oxygen atoms in total. The zero-order chi connectivity index (χ0) is 35.0. The summed E-state index contributed by atoms with van der Waals surface area (Å²) in [6, 6.07) is 32.0. The van der Waals surface area contributed by atoms with Crippen LogP contribution in [0.3, 0.4) is 0 Å². The highest BCUT2D eigenvalue weighted by atomic mass is 32.2. The molecule has 0 bridgehead atoms. The van der Waals surface area contributed by atoms with Crippen LogP contribution in [0.15, 0.2) is 108 Å². The van der Waals surface area contributed by atoms with Gasteiger partial charge in [0.25, 0.3) is 0 Å². The molecule has 50 heavy (non-hydrogen) atoms. The number of ether oxygens (including phenoxy) is 2. The first-order valence-electron chi connectivity index (χ1n) is 17.3. The smallest absolute Gasteiger partial charge is 0.322 e. The summed E-state index contributed by atoms with van der Waals surface area (Å²) in [6.07, 6.45) is 6.92. The minimum atomic E-state index is -0.945. The van der Waals surface area contributed by atoms with Crippen molar-refractivity contribution in [3.63, 3.8) is 0 Å². The molecule has 258 valence electrons. The van der Waals surface area contributed by atoms with Gasteiger partial charge in [0.05, 0.1) is 24.9 Å². The zero-order valence-corrected chi connectivity index (χ0v) is 29.7. The van der Waals surface area contributed by atoms with E-state index >= 15 is 0 Å². The Hall–Kier alpha value is -4.95. The molecule has 0 amide bonds. The summed E-state index contributed by atoms with van der Waals surface area (Å²) >= 11 is 1.66. The van der Waals surface area contributed by atoms with E-state index in [0.29, 0.717) is 11.3 Å². The van der Waals surface area contributed by atoms with Crippen LogP contribution in [0, 0.1) is 0 Å². The van der Waals surface area contributed by atoms with Crippen LogP contribution in [-0.4, -0.2) is 49.1 Å². The average Bonchev–Trinajstić information content (AvgIpc) is 3.66. The maximum atomic E-state index is 14.7. The molecule has 4 aromatic rings. The molecular formula is C42H44N2O5S. The van der Waals surface area contributed by atoms with E-state index < -0.39 is 5.97 Å². The van der Waals surface area contributed by atoms with E-state index in [-0.39, 0.29) is 18.2 Å². The molecule has 0 radical (unpaired) electrons. The number of carbonyl (C=O) groups is 2. The fourth-order valence-corrected chi connectivity index (χ4v) is 8.19. The SMILES string of the molecule is CCCCCCCCN1C(=C2C(=O)c3ccc(NCC(=O)O)cc3C2c2ccccc2)SC(c2ccc(OC)cc2)=C1c1ccc(OC)cc1. The lowest BCUT2D eigenvalue weighted by molar-refractivity contribution is -0.134. The average molecular weight is 689 g/mol. The molecule has 1 atom stereocenters. The fourth-order valence-electron chi connectivity index (χ4n) is 6.80. The Kier molecular flexibility index (Phi) is 11.3. The summed E-state index contributed by atoms with van der Waals surface area (Å²) in [5.41, 5.74) is 7.11. The molecule has 6 rings (SSSR count). The van der Waals surface area contributed by atoms with Gasteiger partial charge in [-0.2, -0.15) is 0 Å². The number of carboxylic acid groups (broad SMARTS) is 1. The fraction of sp³-hybridized carbons (Fsp3) is 0.286. The molecule has 0 saturated carbocycles. The molecule has 2 N–H and O–H groups in total. The molecule has 1 unspecified atom stereocenters. The summed E-state index contributed by atoms with van der Waals surface area (Å²) in [6.45, 7) is 2.78. The largest absolute Gasteiger partial charge is 0.497 e. The molecular weight excluding hydrogens is 645 g/mol. The molecule has 1 heterocycles. The second-order valence-electron chi connectivity index (χ2n) is 12.6. The quantitative estimate of drug-likeness (QED) is 0.0943. The van der Waals surface area contributed by atoms with Crippen LogP contribution in [0.4, 0.5) is 5.69 Å². The molecule has 4 aromatic carbocycles. The number of carboxylic acids is 1. The van der Waals surface area contributed by atoms with Crippen molar-refractivity contribution >= 4 is 39.8 Å². The lowest BCUT2D eigenvalue weighted by Gasteiger charge is -2.27. The van der Waals surface area contributed by atoms with Crippen molar-refractivity contribution in [2.45, 2.75) is 51.4 Å². The maximum Gasteiger partial charge on any atom is 0.322 e. The third-order valence-electron chi connectivity index (χ3n) is 9.33. The van der Waals surface area contributed by atoms with Gasteiger partial charge in [-0.25, -0.2) is 0 Å². The van der Waals surface area contributed by atoms with Crippen LogP contribution in [0.2, 0.25) is 0 Å². The molecule has 1 aliphatic carbocycles. The minimum Gasteiger partial charge on any atom is -0.497 e. The normalized spacial score (nSPS) is 16.9. The van der Waals surface area contributed by atoms with Gasteiger partial charge < -0.3 is 24.8 Å². The number of ketones is 1. The van der Waals surface area contributed by atoms with Crippen LogP contribution >= 0.6 is 11.8 Å². The Labute approximate surface area is 299 Å². The van der Waals surface area contributed by atoms with Crippen LogP contribution in [0.25, 0.3) is 10.6 Å². The van der Waals surface area contributed by atoms with Gasteiger partial charge in [0.2, 0.25) is 0 Å². The minimum absolute atomic E-state index is 0.000791. The van der Waals surface area contributed by atoms with Crippen molar-refractivity contribution in [1.82, 2.24) is 4.90 Å². The number of hydrogen-bond donors (Lipinski definition) is 2. The number of unbranched alkanes of at least 4 members (excludes halogenated alkanes) is 5. The first kappa shape index (κ1) is 34.9. The number of Topliss-reactive ketones (excluding diaryl/α,β-unsaturated/α-hetero) is 1. The summed E-state index contributed by atoms with van der Waals surface area (Å²) in [5.74, 6) is 0.292. The van der Waals surface area contributed by atoms with Gasteiger partial charge in [-0.3, -0.25) is 9.59 Å². The van der Waals surface area contributed by atoms with Gasteiger partial charge in [-0.1, -0.05) is 93.3 Å². The Morgan fingerprint density at radius 3 is 2.10 bits per heavy atom. The van der Waals surface area contributed by atoms with E-state index in [1.165, 1.54) is 25.7 Å². The van der Waals surface area contributed by atoms with E-state index in [2.05, 4.69) is 53.5 Å². The molecule has 0 aromatic heterocycles. The Morgan fingerprint density at radius 1 is 0.820 bits per heavy atom. The van der Waals surface area contributed by atoms with Crippen LogP contribution in [-0.2, 0) is 4.79 Å². The monoisotopic (exact) mass is 688 g/mol. The number of allylic oxidation sites excluding steroid dienone is 1. The number of carbonyl (C=O) groups excluding carboxylic acids is 1. The molecule has 0 spiro atoms.